The van der Waals surface area contributed by atoms with Crippen molar-refractivity contribution >= 4 is 45.6 Å². The molecule has 0 aromatic carbocycles. The van der Waals surface area contributed by atoms with E-state index in [1.807, 2.05) is 0 Å². The summed E-state index contributed by atoms with van der Waals surface area (Å²) in [5.74, 6) is 0. The van der Waals surface area contributed by atoms with Crippen LogP contribution >= 0.6 is 22.6 Å². The fourth-order valence-electron chi connectivity index (χ4n) is 1.29. The molecular weight excluding hydrogens is 235 g/mol. The van der Waals surface area contributed by atoms with E-state index in [2.05, 4.69) is 29.5 Å². The summed E-state index contributed by atoms with van der Waals surface area (Å²) in [6.07, 6.45) is 7.26. The molecule has 0 heterocycles. The normalized spacial score (nSPS) is 24.7. The van der Waals surface area contributed by atoms with Gasteiger partial charge in [-0.2, -0.15) is 0 Å². The van der Waals surface area contributed by atoms with E-state index in [0.717, 1.165) is 0 Å². The number of rotatable bonds is 0. The van der Waals surface area contributed by atoms with E-state index in [0.29, 0.717) is 3.42 Å². The molecule has 1 aliphatic carbocycles. The van der Waals surface area contributed by atoms with Crippen molar-refractivity contribution in [2.45, 2.75) is 42.4 Å². The Kier molecular flexibility index (Phi) is 5.12. The van der Waals surface area contributed by atoms with Crippen molar-refractivity contribution in [2.75, 3.05) is 0 Å². The van der Waals surface area contributed by atoms with Crippen LogP contribution in [0.2, 0.25) is 0 Å². The van der Waals surface area contributed by atoms with Crippen molar-refractivity contribution in [3.63, 3.8) is 0 Å². The first kappa shape index (κ1) is 10.5. The summed E-state index contributed by atoms with van der Waals surface area (Å²) in [7, 11) is 0. The molecule has 0 spiro atoms. The molecule has 52 valence electrons. The molecule has 0 nitrogen and oxygen atoms in total. The van der Waals surface area contributed by atoms with Crippen LogP contribution in [0.25, 0.3) is 0 Å². The molecule has 1 fully saturated rings. The van der Waals surface area contributed by atoms with E-state index in [-0.39, 0.29) is 25.9 Å². The van der Waals surface area contributed by atoms with Crippen LogP contribution < -0.4 is 0 Å². The molecule has 1 saturated carbocycles. The zero-order chi connectivity index (χ0) is 6.04. The maximum Gasteiger partial charge on any atom is 2.00 e. The first-order chi connectivity index (χ1) is 3.71. The van der Waals surface area contributed by atoms with Gasteiger partial charge in [0, 0.05) is 3.42 Å². The Balaban J connectivity index is -0.000000213. The fourth-order valence-corrected chi connectivity index (χ4v) is 2.05. The summed E-state index contributed by atoms with van der Waals surface area (Å²) in [5, 5.41) is 0. The van der Waals surface area contributed by atoms with Crippen LogP contribution in [-0.2, 0) is 0 Å². The van der Waals surface area contributed by atoms with E-state index in [4.69, 9.17) is 0 Å². The second-order valence-electron chi connectivity index (χ2n) is 2.97. The van der Waals surface area contributed by atoms with Crippen molar-refractivity contribution < 1.29 is 2.85 Å². The summed E-state index contributed by atoms with van der Waals surface area (Å²) in [6.45, 7) is 2.37. The summed E-state index contributed by atoms with van der Waals surface area (Å²) in [6, 6.07) is 0. The van der Waals surface area contributed by atoms with Crippen molar-refractivity contribution in [3.8, 4) is 0 Å². The smallest absolute Gasteiger partial charge is 1.00 e. The van der Waals surface area contributed by atoms with Crippen LogP contribution in [0.15, 0.2) is 0 Å². The van der Waals surface area contributed by atoms with E-state index in [1.165, 1.54) is 32.1 Å². The number of halogens is 1. The molecule has 9 heavy (non-hydrogen) atoms. The molecule has 0 aromatic rings. The van der Waals surface area contributed by atoms with Gasteiger partial charge >= 0.3 is 23.1 Å². The van der Waals surface area contributed by atoms with Gasteiger partial charge in [-0.3, -0.25) is 0 Å². The van der Waals surface area contributed by atoms with Crippen LogP contribution in [0, 0.1) is 0 Å². The van der Waals surface area contributed by atoms with Crippen LogP contribution in [0.5, 0.6) is 0 Å². The Labute approximate surface area is 90.4 Å². The van der Waals surface area contributed by atoms with Crippen molar-refractivity contribution in [2.24, 2.45) is 0 Å². The van der Waals surface area contributed by atoms with Gasteiger partial charge in [0.15, 0.2) is 0 Å². The Morgan fingerprint density at radius 2 is 1.67 bits per heavy atom. The molecule has 2 heteroatoms. The van der Waals surface area contributed by atoms with Crippen molar-refractivity contribution in [3.05, 3.63) is 0 Å². The van der Waals surface area contributed by atoms with Crippen molar-refractivity contribution in [1.29, 1.82) is 0 Å². The zero-order valence-corrected chi connectivity index (χ0v) is 9.69. The monoisotopic (exact) mass is 250 g/mol. The predicted octanol–water partition coefficient (Wildman–Crippen LogP) is 2.99. The van der Waals surface area contributed by atoms with Crippen LogP contribution in [0.3, 0.4) is 0 Å². The Hall–Kier alpha value is 1.50. The van der Waals surface area contributed by atoms with Crippen LogP contribution in [-0.4, -0.2) is 26.5 Å². The van der Waals surface area contributed by atoms with Gasteiger partial charge in [0.1, 0.15) is 0 Å². The average molecular weight is 250 g/mol. The quantitative estimate of drug-likeness (QED) is 0.352. The minimum atomic E-state index is 0. The van der Waals surface area contributed by atoms with Gasteiger partial charge < -0.3 is 2.85 Å². The molecule has 0 aliphatic heterocycles. The van der Waals surface area contributed by atoms with Gasteiger partial charge in [0.05, 0.1) is 0 Å². The molecule has 0 aromatic heterocycles. The molecule has 0 bridgehead atoms. The second kappa shape index (κ2) is 4.39. The number of hydrogen-bond acceptors (Lipinski definition) is 0. The van der Waals surface area contributed by atoms with E-state index in [9.17, 15) is 0 Å². The topological polar surface area (TPSA) is 0 Å². The number of hydrogen-bond donors (Lipinski definition) is 0. The molecule has 0 atom stereocenters. The van der Waals surface area contributed by atoms with Crippen molar-refractivity contribution in [1.82, 2.24) is 0 Å². The van der Waals surface area contributed by atoms with Gasteiger partial charge in [-0.1, -0.05) is 48.8 Å². The fraction of sp³-hybridized carbons (Fsp3) is 1.00. The summed E-state index contributed by atoms with van der Waals surface area (Å²) in [4.78, 5) is 0. The maximum atomic E-state index is 2.59. The van der Waals surface area contributed by atoms with Gasteiger partial charge in [0.2, 0.25) is 0 Å². The van der Waals surface area contributed by atoms with Gasteiger partial charge in [-0.05, 0) is 12.8 Å². The van der Waals surface area contributed by atoms with Gasteiger partial charge in [-0.25, -0.2) is 0 Å². The SMILES string of the molecule is CC1(I)CCCCC1.[H-].[H-].[Mg+2]. The minimum Gasteiger partial charge on any atom is -1.00 e. The molecular formula is C7H15IMg. The Morgan fingerprint density at radius 3 is 1.89 bits per heavy atom. The molecule has 0 unspecified atom stereocenters. The molecule has 1 aliphatic rings. The number of alkyl halides is 1. The maximum absolute atomic E-state index is 2.59. The molecule has 0 N–H and O–H groups in total. The van der Waals surface area contributed by atoms with Crippen LogP contribution in [0.1, 0.15) is 41.9 Å². The first-order valence-corrected chi connectivity index (χ1v) is 4.47. The first-order valence-electron chi connectivity index (χ1n) is 3.40. The second-order valence-corrected chi connectivity index (χ2v) is 5.58. The largest absolute Gasteiger partial charge is 2.00 e. The van der Waals surface area contributed by atoms with Crippen LogP contribution in [0.4, 0.5) is 0 Å². The molecule has 0 saturated heterocycles. The summed E-state index contributed by atoms with van der Waals surface area (Å²) >= 11 is 2.59. The molecule has 1 rings (SSSR count). The third-order valence-corrected chi connectivity index (χ3v) is 2.97. The zero-order valence-electron chi connectivity index (χ0n) is 8.12. The van der Waals surface area contributed by atoms with E-state index >= 15 is 0 Å². The van der Waals surface area contributed by atoms with Gasteiger partial charge in [0.25, 0.3) is 0 Å². The van der Waals surface area contributed by atoms with Gasteiger partial charge in [-0.15, -0.1) is 0 Å². The Morgan fingerprint density at radius 1 is 1.22 bits per heavy atom. The Bertz CT molecular complexity index is 80.5. The minimum absolute atomic E-state index is 0. The summed E-state index contributed by atoms with van der Waals surface area (Å²) in [5.41, 5.74) is 0. The van der Waals surface area contributed by atoms with E-state index < -0.39 is 0 Å². The predicted molar refractivity (Wildman–Crippen MR) is 53.5 cm³/mol. The molecule has 0 radical (unpaired) electrons. The summed E-state index contributed by atoms with van der Waals surface area (Å²) < 4.78 is 0.649. The van der Waals surface area contributed by atoms with E-state index in [1.54, 1.807) is 0 Å². The third kappa shape index (κ3) is 4.04. The third-order valence-electron chi connectivity index (χ3n) is 1.90. The average Bonchev–Trinajstić information content (AvgIpc) is 1.65. The molecule has 0 amide bonds. The standard InChI is InChI=1S/C7H13I.Mg.2H/c1-7(8)5-3-2-4-6-7;;;/h2-6H2,1H3;;;/q;+2;2*-1.